The van der Waals surface area contributed by atoms with Gasteiger partial charge in [-0.05, 0) is 32.4 Å². The van der Waals surface area contributed by atoms with Crippen LogP contribution in [0.1, 0.15) is 16.8 Å². The summed E-state index contributed by atoms with van der Waals surface area (Å²) in [6, 6.07) is 8.37. The van der Waals surface area contributed by atoms with Crippen LogP contribution in [0.5, 0.6) is 0 Å². The van der Waals surface area contributed by atoms with Crippen LogP contribution in [-0.4, -0.2) is 4.98 Å². The molecule has 0 radical (unpaired) electrons. The summed E-state index contributed by atoms with van der Waals surface area (Å²) in [5.41, 5.74) is 4.50. The van der Waals surface area contributed by atoms with Gasteiger partial charge in [-0.15, -0.1) is 4.98 Å². The van der Waals surface area contributed by atoms with Crippen molar-refractivity contribution in [3.63, 3.8) is 0 Å². The largest absolute Gasteiger partial charge is 0.408 e. The van der Waals surface area contributed by atoms with Crippen LogP contribution in [0.15, 0.2) is 34.5 Å². The van der Waals surface area contributed by atoms with Gasteiger partial charge in [0.25, 0.3) is 0 Å². The smallest absolute Gasteiger partial charge is 0.290 e. The highest BCUT2D eigenvalue weighted by Crippen LogP contribution is 2.22. The summed E-state index contributed by atoms with van der Waals surface area (Å²) in [7, 11) is 0. The van der Waals surface area contributed by atoms with E-state index in [0.717, 1.165) is 17.2 Å². The third-order valence-corrected chi connectivity index (χ3v) is 3.16. The highest BCUT2D eigenvalue weighted by Gasteiger charge is 2.21. The summed E-state index contributed by atoms with van der Waals surface area (Å²) in [6.45, 7) is 6.68. The minimum absolute atomic E-state index is 0.524. The lowest BCUT2D eigenvalue weighted by Gasteiger charge is -2.09. The van der Waals surface area contributed by atoms with E-state index in [9.17, 15) is 0 Å². The molecule has 2 heterocycles. The molecule has 0 saturated heterocycles. The predicted octanol–water partition coefficient (Wildman–Crippen LogP) is 3.09. The second-order valence-electron chi connectivity index (χ2n) is 4.84. The third-order valence-electron chi connectivity index (χ3n) is 3.16. The van der Waals surface area contributed by atoms with E-state index in [-0.39, 0.29) is 0 Å². The van der Waals surface area contributed by atoms with Crippen LogP contribution in [-0.2, 0) is 6.67 Å². The summed E-state index contributed by atoms with van der Waals surface area (Å²) < 4.78 is 1.96. The fraction of sp³-hybridized carbons (Fsp3) is 0.286. The Balaban J connectivity index is 2.00. The quantitative estimate of drug-likeness (QED) is 0.837. The topological polar surface area (TPSA) is 53.5 Å². The number of fused-ring (bicyclic) bond motifs is 1. The van der Waals surface area contributed by atoms with Crippen molar-refractivity contribution in [1.29, 1.82) is 0 Å². The van der Waals surface area contributed by atoms with Gasteiger partial charge >= 0.3 is 5.95 Å². The maximum Gasteiger partial charge on any atom is 0.408 e. The maximum atomic E-state index is 4.36. The average molecular weight is 254 g/mol. The molecule has 19 heavy (non-hydrogen) atoms. The molecule has 0 unspecified atom stereocenters. The van der Waals surface area contributed by atoms with Crippen LogP contribution in [0.25, 0.3) is 0 Å². The molecule has 0 bridgehead atoms. The molecule has 5 nitrogen and oxygen atoms in total. The van der Waals surface area contributed by atoms with Gasteiger partial charge < -0.3 is 0 Å². The number of hydrogen-bond donors (Lipinski definition) is 1. The fourth-order valence-electron chi connectivity index (χ4n) is 2.20. The minimum atomic E-state index is 0.524. The number of aryl methyl sites for hydroxylation is 3. The van der Waals surface area contributed by atoms with Crippen molar-refractivity contribution >= 4 is 17.5 Å². The highest BCUT2D eigenvalue weighted by molar-refractivity contribution is 5.59. The van der Waals surface area contributed by atoms with E-state index < -0.39 is 0 Å². The molecule has 96 valence electrons. The summed E-state index contributed by atoms with van der Waals surface area (Å²) in [6.07, 6.45) is 0. The Kier molecular flexibility index (Phi) is 2.74. The first-order valence-corrected chi connectivity index (χ1v) is 6.27. The van der Waals surface area contributed by atoms with Crippen molar-refractivity contribution < 1.29 is 4.57 Å². The predicted molar refractivity (Wildman–Crippen MR) is 72.9 cm³/mol. The van der Waals surface area contributed by atoms with Crippen molar-refractivity contribution in [2.24, 2.45) is 10.2 Å². The lowest BCUT2D eigenvalue weighted by Crippen LogP contribution is -2.34. The first-order chi connectivity index (χ1) is 9.13. The third kappa shape index (κ3) is 2.19. The average Bonchev–Trinajstić information content (AvgIpc) is 2.80. The van der Waals surface area contributed by atoms with Crippen molar-refractivity contribution in [2.75, 3.05) is 5.32 Å². The lowest BCUT2D eigenvalue weighted by atomic mass is 10.1. The molecular weight excluding hydrogens is 238 g/mol. The van der Waals surface area contributed by atoms with E-state index in [1.54, 1.807) is 0 Å². The molecule has 0 saturated carbocycles. The fourth-order valence-corrected chi connectivity index (χ4v) is 2.20. The van der Waals surface area contributed by atoms with Gasteiger partial charge in [0.2, 0.25) is 5.82 Å². The summed E-state index contributed by atoms with van der Waals surface area (Å²) >= 11 is 0. The van der Waals surface area contributed by atoms with E-state index in [4.69, 9.17) is 0 Å². The molecule has 0 spiro atoms. The van der Waals surface area contributed by atoms with Crippen LogP contribution in [0.3, 0.4) is 0 Å². The molecule has 3 rings (SSSR count). The van der Waals surface area contributed by atoms with Crippen molar-refractivity contribution in [3.8, 4) is 0 Å². The Bertz CT molecular complexity index is 676. The minimum Gasteiger partial charge on any atom is -0.290 e. The normalized spacial score (nSPS) is 12.6. The van der Waals surface area contributed by atoms with E-state index in [0.29, 0.717) is 12.6 Å². The molecule has 0 fully saturated rings. The van der Waals surface area contributed by atoms with Crippen LogP contribution in [0.2, 0.25) is 0 Å². The molecule has 1 aliphatic heterocycles. The van der Waals surface area contributed by atoms with Crippen LogP contribution in [0.4, 0.5) is 17.5 Å². The molecule has 0 amide bonds. The van der Waals surface area contributed by atoms with Crippen LogP contribution < -0.4 is 9.88 Å². The molecule has 1 N–H and O–H groups in total. The number of azo groups is 1. The van der Waals surface area contributed by atoms with Gasteiger partial charge in [0.1, 0.15) is 5.69 Å². The summed E-state index contributed by atoms with van der Waals surface area (Å²) in [4.78, 5) is 4.36. The van der Waals surface area contributed by atoms with E-state index >= 15 is 0 Å². The Morgan fingerprint density at radius 3 is 2.79 bits per heavy atom. The zero-order valence-electron chi connectivity index (χ0n) is 11.3. The molecule has 5 heteroatoms. The number of anilines is 2. The maximum absolute atomic E-state index is 4.36. The molecule has 2 aromatic rings. The van der Waals surface area contributed by atoms with Crippen LogP contribution >= 0.6 is 0 Å². The molecule has 1 aromatic heterocycles. The zero-order valence-corrected chi connectivity index (χ0v) is 11.3. The van der Waals surface area contributed by atoms with Crippen molar-refractivity contribution in [2.45, 2.75) is 27.4 Å². The van der Waals surface area contributed by atoms with E-state index in [1.807, 2.05) is 17.6 Å². The Morgan fingerprint density at radius 2 is 2.00 bits per heavy atom. The number of aromatic nitrogens is 2. The number of hydrogen-bond acceptors (Lipinski definition) is 4. The van der Waals surface area contributed by atoms with Gasteiger partial charge in [-0.25, -0.2) is 0 Å². The Hall–Kier alpha value is -2.30. The zero-order chi connectivity index (χ0) is 13.4. The molecule has 0 atom stereocenters. The number of rotatable bonds is 2. The van der Waals surface area contributed by atoms with Gasteiger partial charge in [0.15, 0.2) is 6.67 Å². The Labute approximate surface area is 112 Å². The number of nitrogens with zero attached hydrogens (tertiary/aromatic N) is 4. The monoisotopic (exact) mass is 254 g/mol. The highest BCUT2D eigenvalue weighted by atomic mass is 15.4. The van der Waals surface area contributed by atoms with Gasteiger partial charge in [0.05, 0.1) is 5.69 Å². The number of benzene rings is 1. The first-order valence-electron chi connectivity index (χ1n) is 6.27. The van der Waals surface area contributed by atoms with Gasteiger partial charge in [0, 0.05) is 11.2 Å². The molecule has 1 aliphatic rings. The number of nitrogens with one attached hydrogen (secondary N) is 1. The first kappa shape index (κ1) is 11.8. The second kappa shape index (κ2) is 4.42. The summed E-state index contributed by atoms with van der Waals surface area (Å²) in [5.74, 6) is 1.63. The lowest BCUT2D eigenvalue weighted by molar-refractivity contribution is -0.663. The van der Waals surface area contributed by atoms with Crippen molar-refractivity contribution in [3.05, 3.63) is 41.1 Å². The second-order valence-corrected chi connectivity index (χ2v) is 4.84. The standard InChI is InChI=1S/C14H15N5/c1-9-4-5-12(10(2)6-9)17-13-7-11(3)16-14-18-15-8-19(13)14/h4-7H,8H2,1-3H3/p+1. The van der Waals surface area contributed by atoms with Crippen molar-refractivity contribution in [1.82, 2.24) is 4.98 Å². The summed E-state index contributed by atoms with van der Waals surface area (Å²) in [5, 5.41) is 11.5. The van der Waals surface area contributed by atoms with Gasteiger partial charge in [-0.2, -0.15) is 4.57 Å². The van der Waals surface area contributed by atoms with Crippen LogP contribution in [0, 0.1) is 20.8 Å². The SMILES string of the molecule is Cc1ccc(Nc2cc(C)nc3[n+]2CN=N3)c(C)c1. The molecule has 0 aliphatic carbocycles. The van der Waals surface area contributed by atoms with Gasteiger partial charge in [-0.1, -0.05) is 22.8 Å². The molecule has 1 aromatic carbocycles. The van der Waals surface area contributed by atoms with E-state index in [1.165, 1.54) is 11.1 Å². The molecular formula is C14H16N5+. The Morgan fingerprint density at radius 1 is 1.16 bits per heavy atom. The van der Waals surface area contributed by atoms with Gasteiger partial charge in [-0.3, -0.25) is 5.32 Å². The van der Waals surface area contributed by atoms with E-state index in [2.05, 4.69) is 52.6 Å².